The number of aromatic amines is 1. The van der Waals surface area contributed by atoms with Crippen molar-refractivity contribution in [1.82, 2.24) is 20.1 Å². The molecule has 1 amide bonds. The van der Waals surface area contributed by atoms with Crippen molar-refractivity contribution in [3.8, 4) is 0 Å². The quantitative estimate of drug-likeness (QED) is 0.859. The van der Waals surface area contributed by atoms with E-state index < -0.39 is 11.6 Å². The molecule has 1 N–H and O–H groups in total. The molecule has 2 aromatic rings. The third-order valence-corrected chi connectivity index (χ3v) is 3.68. The van der Waals surface area contributed by atoms with Gasteiger partial charge in [-0.05, 0) is 25.1 Å². The first-order valence-corrected chi connectivity index (χ1v) is 7.14. The Kier molecular flexibility index (Phi) is 4.89. The molecule has 8 heteroatoms. The standard InChI is InChI=1S/C13H14F2N4OS/c1-8-16-12(18-17-8)6-19(2)13(20)7-21-9-3-4-10(14)11(15)5-9/h3-5H,6-7H2,1-2H3,(H,16,17,18). The maximum atomic E-state index is 13.0. The fraction of sp³-hybridized carbons (Fsp3) is 0.308. The number of aromatic nitrogens is 3. The van der Waals surface area contributed by atoms with Crippen molar-refractivity contribution in [2.45, 2.75) is 18.4 Å². The number of aryl methyl sites for hydroxylation is 1. The maximum Gasteiger partial charge on any atom is 0.233 e. The largest absolute Gasteiger partial charge is 0.337 e. The zero-order chi connectivity index (χ0) is 15.4. The van der Waals surface area contributed by atoms with Gasteiger partial charge in [-0.25, -0.2) is 13.8 Å². The number of hydrogen-bond donors (Lipinski definition) is 1. The molecule has 0 aliphatic heterocycles. The summed E-state index contributed by atoms with van der Waals surface area (Å²) in [7, 11) is 1.64. The first-order valence-electron chi connectivity index (χ1n) is 6.15. The Morgan fingerprint density at radius 1 is 1.38 bits per heavy atom. The Morgan fingerprint density at radius 2 is 2.14 bits per heavy atom. The molecule has 0 atom stereocenters. The van der Waals surface area contributed by atoms with Crippen molar-refractivity contribution < 1.29 is 13.6 Å². The molecule has 0 spiro atoms. The molecule has 0 aliphatic carbocycles. The summed E-state index contributed by atoms with van der Waals surface area (Å²) in [5, 5.41) is 6.65. The lowest BCUT2D eigenvalue weighted by Crippen LogP contribution is -2.28. The summed E-state index contributed by atoms with van der Waals surface area (Å²) in [6, 6.07) is 3.56. The fourth-order valence-corrected chi connectivity index (χ4v) is 2.44. The number of carbonyl (C=O) groups excluding carboxylic acids is 1. The van der Waals surface area contributed by atoms with Crippen LogP contribution in [0.1, 0.15) is 11.6 Å². The van der Waals surface area contributed by atoms with Gasteiger partial charge in [-0.1, -0.05) is 0 Å². The van der Waals surface area contributed by atoms with Gasteiger partial charge in [0.1, 0.15) is 5.82 Å². The highest BCUT2D eigenvalue weighted by Crippen LogP contribution is 2.20. The molecular weight excluding hydrogens is 298 g/mol. The molecule has 2 rings (SSSR count). The number of thioether (sulfide) groups is 1. The van der Waals surface area contributed by atoms with Crippen LogP contribution in [-0.2, 0) is 11.3 Å². The van der Waals surface area contributed by atoms with E-state index in [0.717, 1.165) is 23.9 Å². The van der Waals surface area contributed by atoms with Crippen LogP contribution >= 0.6 is 11.8 Å². The van der Waals surface area contributed by atoms with E-state index in [1.165, 1.54) is 11.0 Å². The highest BCUT2D eigenvalue weighted by atomic mass is 32.2. The highest BCUT2D eigenvalue weighted by Gasteiger charge is 2.13. The lowest BCUT2D eigenvalue weighted by molar-refractivity contribution is -0.127. The number of nitrogens with one attached hydrogen (secondary N) is 1. The van der Waals surface area contributed by atoms with Crippen LogP contribution < -0.4 is 0 Å². The summed E-state index contributed by atoms with van der Waals surface area (Å²) in [5.74, 6) is -0.625. The van der Waals surface area contributed by atoms with Crippen LogP contribution in [0.5, 0.6) is 0 Å². The van der Waals surface area contributed by atoms with Crippen LogP contribution in [0.25, 0.3) is 0 Å². The molecule has 0 saturated heterocycles. The lowest BCUT2D eigenvalue weighted by atomic mass is 10.3. The first kappa shape index (κ1) is 15.4. The van der Waals surface area contributed by atoms with Crippen LogP contribution in [0.4, 0.5) is 8.78 Å². The summed E-state index contributed by atoms with van der Waals surface area (Å²) in [5.41, 5.74) is 0. The van der Waals surface area contributed by atoms with Crippen molar-refractivity contribution in [2.75, 3.05) is 12.8 Å². The molecule has 21 heavy (non-hydrogen) atoms. The molecule has 0 fully saturated rings. The Morgan fingerprint density at radius 3 is 2.76 bits per heavy atom. The maximum absolute atomic E-state index is 13.0. The molecule has 0 bridgehead atoms. The van der Waals surface area contributed by atoms with Crippen LogP contribution in [0.3, 0.4) is 0 Å². The van der Waals surface area contributed by atoms with E-state index in [0.29, 0.717) is 23.1 Å². The molecule has 112 valence electrons. The molecule has 0 saturated carbocycles. The minimum atomic E-state index is -0.919. The van der Waals surface area contributed by atoms with Gasteiger partial charge in [0, 0.05) is 11.9 Å². The number of rotatable bonds is 5. The lowest BCUT2D eigenvalue weighted by Gasteiger charge is -2.14. The number of halogens is 2. The van der Waals surface area contributed by atoms with E-state index in [1.54, 1.807) is 14.0 Å². The first-order chi connectivity index (χ1) is 9.95. The monoisotopic (exact) mass is 312 g/mol. The average Bonchev–Trinajstić information content (AvgIpc) is 2.85. The third kappa shape index (κ3) is 4.25. The topological polar surface area (TPSA) is 61.9 Å². The van der Waals surface area contributed by atoms with Crippen LogP contribution in [0.2, 0.25) is 0 Å². The van der Waals surface area contributed by atoms with E-state index >= 15 is 0 Å². The predicted octanol–water partition coefficient (Wildman–Crippen LogP) is 2.14. The van der Waals surface area contributed by atoms with E-state index in [2.05, 4.69) is 15.2 Å². The molecule has 1 aromatic heterocycles. The molecule has 5 nitrogen and oxygen atoms in total. The Bertz CT molecular complexity index is 647. The minimum Gasteiger partial charge on any atom is -0.337 e. The van der Waals surface area contributed by atoms with E-state index in [4.69, 9.17) is 0 Å². The smallest absolute Gasteiger partial charge is 0.233 e. The molecule has 1 aromatic carbocycles. The van der Waals surface area contributed by atoms with E-state index in [9.17, 15) is 13.6 Å². The number of nitrogens with zero attached hydrogens (tertiary/aromatic N) is 3. The van der Waals surface area contributed by atoms with Crippen molar-refractivity contribution in [3.63, 3.8) is 0 Å². The van der Waals surface area contributed by atoms with Crippen LogP contribution in [0, 0.1) is 18.6 Å². The number of carbonyl (C=O) groups is 1. The van der Waals surface area contributed by atoms with Gasteiger partial charge in [0.05, 0.1) is 12.3 Å². The Hall–Kier alpha value is -1.96. The van der Waals surface area contributed by atoms with Gasteiger partial charge in [-0.3, -0.25) is 9.89 Å². The van der Waals surface area contributed by atoms with Gasteiger partial charge in [0.15, 0.2) is 17.5 Å². The highest BCUT2D eigenvalue weighted by molar-refractivity contribution is 8.00. The number of amides is 1. The zero-order valence-electron chi connectivity index (χ0n) is 11.6. The number of H-pyrrole nitrogens is 1. The van der Waals surface area contributed by atoms with Gasteiger partial charge in [0.25, 0.3) is 0 Å². The summed E-state index contributed by atoms with van der Waals surface area (Å²) in [6.07, 6.45) is 0. The fourth-order valence-electron chi connectivity index (χ4n) is 1.58. The summed E-state index contributed by atoms with van der Waals surface area (Å²) < 4.78 is 25.8. The third-order valence-electron chi connectivity index (χ3n) is 2.70. The Labute approximate surface area is 124 Å². The average molecular weight is 312 g/mol. The molecule has 0 aliphatic rings. The van der Waals surface area contributed by atoms with E-state index in [1.807, 2.05) is 0 Å². The second-order valence-corrected chi connectivity index (χ2v) is 5.50. The molecular formula is C13H14F2N4OS. The second-order valence-electron chi connectivity index (χ2n) is 4.45. The van der Waals surface area contributed by atoms with E-state index in [-0.39, 0.29) is 11.7 Å². The van der Waals surface area contributed by atoms with Crippen molar-refractivity contribution in [2.24, 2.45) is 0 Å². The second kappa shape index (κ2) is 6.66. The predicted molar refractivity (Wildman–Crippen MR) is 74.7 cm³/mol. The summed E-state index contributed by atoms with van der Waals surface area (Å²) >= 11 is 1.15. The summed E-state index contributed by atoms with van der Waals surface area (Å²) in [4.78, 5) is 18.1. The molecule has 1 heterocycles. The Balaban J connectivity index is 1.87. The number of benzene rings is 1. The van der Waals surface area contributed by atoms with Gasteiger partial charge in [-0.2, -0.15) is 5.10 Å². The van der Waals surface area contributed by atoms with Gasteiger partial charge < -0.3 is 4.90 Å². The van der Waals surface area contributed by atoms with Gasteiger partial charge in [-0.15, -0.1) is 11.8 Å². The zero-order valence-corrected chi connectivity index (χ0v) is 12.4. The number of hydrogen-bond acceptors (Lipinski definition) is 4. The van der Waals surface area contributed by atoms with Crippen molar-refractivity contribution in [1.29, 1.82) is 0 Å². The van der Waals surface area contributed by atoms with Crippen molar-refractivity contribution >= 4 is 17.7 Å². The SMILES string of the molecule is Cc1nc(CN(C)C(=O)CSc2ccc(F)c(F)c2)n[nH]1. The van der Waals surface area contributed by atoms with Crippen LogP contribution in [-0.4, -0.2) is 38.8 Å². The summed E-state index contributed by atoms with van der Waals surface area (Å²) in [6.45, 7) is 2.07. The minimum absolute atomic E-state index is 0.130. The van der Waals surface area contributed by atoms with Crippen LogP contribution in [0.15, 0.2) is 23.1 Å². The van der Waals surface area contributed by atoms with Gasteiger partial charge in [0.2, 0.25) is 5.91 Å². The van der Waals surface area contributed by atoms with Crippen molar-refractivity contribution in [3.05, 3.63) is 41.5 Å². The normalized spacial score (nSPS) is 10.7. The molecule has 0 radical (unpaired) electrons. The van der Waals surface area contributed by atoms with Gasteiger partial charge >= 0.3 is 0 Å². The molecule has 0 unspecified atom stereocenters.